The molecule has 0 aromatic carbocycles. The summed E-state index contributed by atoms with van der Waals surface area (Å²) < 4.78 is 5.66. The van der Waals surface area contributed by atoms with Gasteiger partial charge in [-0.15, -0.1) is 0 Å². The van der Waals surface area contributed by atoms with Gasteiger partial charge in [-0.3, -0.25) is 0 Å². The first kappa shape index (κ1) is 12.0. The van der Waals surface area contributed by atoms with Crippen molar-refractivity contribution in [2.75, 3.05) is 32.8 Å². The number of rotatable bonds is 6. The topological polar surface area (TPSA) is 38.5 Å². The van der Waals surface area contributed by atoms with Crippen LogP contribution in [0.5, 0.6) is 0 Å². The summed E-state index contributed by atoms with van der Waals surface area (Å²) in [5.74, 6) is 0. The number of nitrogens with two attached hydrogens (primary N) is 1. The summed E-state index contributed by atoms with van der Waals surface area (Å²) in [5, 5.41) is 0. The molecular weight excluding hydrogens is 176 g/mol. The second-order valence-electron chi connectivity index (χ2n) is 4.16. The van der Waals surface area contributed by atoms with Crippen LogP contribution < -0.4 is 5.73 Å². The molecule has 1 unspecified atom stereocenters. The molecule has 2 N–H and O–H groups in total. The van der Waals surface area contributed by atoms with E-state index in [1.54, 1.807) is 0 Å². The molecule has 1 saturated heterocycles. The van der Waals surface area contributed by atoms with E-state index in [1.807, 2.05) is 0 Å². The molecule has 0 saturated carbocycles. The van der Waals surface area contributed by atoms with Gasteiger partial charge in [0.15, 0.2) is 0 Å². The highest BCUT2D eigenvalue weighted by atomic mass is 16.5. The van der Waals surface area contributed by atoms with E-state index in [0.29, 0.717) is 6.10 Å². The Bertz CT molecular complexity index is 135. The highest BCUT2D eigenvalue weighted by molar-refractivity contribution is 4.64. The fraction of sp³-hybridized carbons (Fsp3) is 1.00. The Kier molecular flexibility index (Phi) is 6.15. The Labute approximate surface area is 87.6 Å². The molecule has 1 aliphatic rings. The summed E-state index contributed by atoms with van der Waals surface area (Å²) in [7, 11) is 0. The van der Waals surface area contributed by atoms with Crippen LogP contribution in [0.25, 0.3) is 0 Å². The standard InChI is InChI=1S/C11H24N2O/c1-11(5-6-12)14-10-9-13-7-3-2-4-8-13/h11H,2-10,12H2,1H3. The summed E-state index contributed by atoms with van der Waals surface area (Å²) in [5.41, 5.74) is 5.45. The zero-order valence-corrected chi connectivity index (χ0v) is 9.37. The van der Waals surface area contributed by atoms with Crippen LogP contribution in [0.3, 0.4) is 0 Å². The van der Waals surface area contributed by atoms with Crippen LogP contribution in [-0.2, 0) is 4.74 Å². The van der Waals surface area contributed by atoms with Crippen molar-refractivity contribution >= 4 is 0 Å². The van der Waals surface area contributed by atoms with Gasteiger partial charge in [-0.05, 0) is 45.8 Å². The van der Waals surface area contributed by atoms with Gasteiger partial charge in [0, 0.05) is 6.54 Å². The molecule has 3 heteroatoms. The summed E-state index contributed by atoms with van der Waals surface area (Å²) in [6.45, 7) is 7.30. The molecule has 1 heterocycles. The molecule has 1 atom stereocenters. The Morgan fingerprint density at radius 2 is 2.00 bits per heavy atom. The normalized spacial score (nSPS) is 21.0. The largest absolute Gasteiger partial charge is 0.377 e. The Hall–Kier alpha value is -0.120. The lowest BCUT2D eigenvalue weighted by Gasteiger charge is -2.26. The van der Waals surface area contributed by atoms with E-state index >= 15 is 0 Å². The minimum Gasteiger partial charge on any atom is -0.377 e. The van der Waals surface area contributed by atoms with Gasteiger partial charge >= 0.3 is 0 Å². The lowest BCUT2D eigenvalue weighted by Crippen LogP contribution is -2.33. The summed E-state index contributed by atoms with van der Waals surface area (Å²) in [6, 6.07) is 0. The van der Waals surface area contributed by atoms with Crippen LogP contribution in [0.4, 0.5) is 0 Å². The number of likely N-dealkylation sites (tertiary alicyclic amines) is 1. The molecule has 1 fully saturated rings. The minimum absolute atomic E-state index is 0.324. The maximum absolute atomic E-state index is 5.66. The van der Waals surface area contributed by atoms with Gasteiger partial charge < -0.3 is 15.4 Å². The minimum atomic E-state index is 0.324. The zero-order chi connectivity index (χ0) is 10.2. The van der Waals surface area contributed by atoms with Crippen LogP contribution in [0.2, 0.25) is 0 Å². The number of hydrogen-bond donors (Lipinski definition) is 1. The van der Waals surface area contributed by atoms with Gasteiger partial charge in [0.2, 0.25) is 0 Å². The second-order valence-corrected chi connectivity index (χ2v) is 4.16. The van der Waals surface area contributed by atoms with Crippen molar-refractivity contribution < 1.29 is 4.74 Å². The number of piperidine rings is 1. The lowest BCUT2D eigenvalue weighted by atomic mass is 10.1. The molecule has 1 rings (SSSR count). The molecular formula is C11H24N2O. The third kappa shape index (κ3) is 4.94. The highest BCUT2D eigenvalue weighted by Crippen LogP contribution is 2.08. The van der Waals surface area contributed by atoms with E-state index in [0.717, 1.165) is 26.1 Å². The zero-order valence-electron chi connectivity index (χ0n) is 9.37. The van der Waals surface area contributed by atoms with Crippen LogP contribution in [0, 0.1) is 0 Å². The molecule has 14 heavy (non-hydrogen) atoms. The molecule has 84 valence electrons. The number of hydrogen-bond acceptors (Lipinski definition) is 3. The maximum Gasteiger partial charge on any atom is 0.0597 e. The third-order valence-electron chi connectivity index (χ3n) is 2.83. The van der Waals surface area contributed by atoms with Gasteiger partial charge in [0.25, 0.3) is 0 Å². The third-order valence-corrected chi connectivity index (χ3v) is 2.83. The molecule has 3 nitrogen and oxygen atoms in total. The van der Waals surface area contributed by atoms with E-state index in [4.69, 9.17) is 10.5 Å². The molecule has 0 aromatic rings. The van der Waals surface area contributed by atoms with Crippen LogP contribution >= 0.6 is 0 Å². The SMILES string of the molecule is CC(CCN)OCCN1CCCCC1. The van der Waals surface area contributed by atoms with Gasteiger partial charge in [0.05, 0.1) is 12.7 Å². The van der Waals surface area contributed by atoms with E-state index in [-0.39, 0.29) is 0 Å². The Morgan fingerprint density at radius 1 is 1.29 bits per heavy atom. The smallest absolute Gasteiger partial charge is 0.0597 e. The van der Waals surface area contributed by atoms with Gasteiger partial charge in [0.1, 0.15) is 0 Å². The van der Waals surface area contributed by atoms with Crippen molar-refractivity contribution in [3.63, 3.8) is 0 Å². The number of ether oxygens (including phenoxy) is 1. The summed E-state index contributed by atoms with van der Waals surface area (Å²) in [6.07, 6.45) is 5.42. The first-order chi connectivity index (χ1) is 6.83. The number of nitrogens with zero attached hydrogens (tertiary/aromatic N) is 1. The predicted molar refractivity (Wildman–Crippen MR) is 59.4 cm³/mol. The van der Waals surface area contributed by atoms with Crippen LogP contribution in [0.15, 0.2) is 0 Å². The second kappa shape index (κ2) is 7.21. The van der Waals surface area contributed by atoms with Crippen molar-refractivity contribution in [2.24, 2.45) is 5.73 Å². The lowest BCUT2D eigenvalue weighted by molar-refractivity contribution is 0.0417. The highest BCUT2D eigenvalue weighted by Gasteiger charge is 2.09. The Morgan fingerprint density at radius 3 is 2.64 bits per heavy atom. The predicted octanol–water partition coefficient (Wildman–Crippen LogP) is 1.23. The van der Waals surface area contributed by atoms with Gasteiger partial charge in [-0.25, -0.2) is 0 Å². The fourth-order valence-corrected chi connectivity index (χ4v) is 1.88. The molecule has 1 aliphatic heterocycles. The first-order valence-electron chi connectivity index (χ1n) is 5.87. The summed E-state index contributed by atoms with van der Waals surface area (Å²) in [4.78, 5) is 2.50. The van der Waals surface area contributed by atoms with E-state index in [9.17, 15) is 0 Å². The average molecular weight is 200 g/mol. The first-order valence-corrected chi connectivity index (χ1v) is 5.87. The maximum atomic E-state index is 5.66. The fourth-order valence-electron chi connectivity index (χ4n) is 1.88. The Balaban J connectivity index is 1.96. The molecule has 0 radical (unpaired) electrons. The van der Waals surface area contributed by atoms with Crippen LogP contribution in [0.1, 0.15) is 32.6 Å². The summed E-state index contributed by atoms with van der Waals surface area (Å²) >= 11 is 0. The van der Waals surface area contributed by atoms with Gasteiger partial charge in [-0.2, -0.15) is 0 Å². The monoisotopic (exact) mass is 200 g/mol. The van der Waals surface area contributed by atoms with Crippen molar-refractivity contribution in [3.05, 3.63) is 0 Å². The van der Waals surface area contributed by atoms with E-state index < -0.39 is 0 Å². The molecule has 0 amide bonds. The molecule has 0 bridgehead atoms. The quantitative estimate of drug-likeness (QED) is 0.701. The van der Waals surface area contributed by atoms with Crippen molar-refractivity contribution in [3.8, 4) is 0 Å². The van der Waals surface area contributed by atoms with E-state index in [2.05, 4.69) is 11.8 Å². The van der Waals surface area contributed by atoms with Crippen molar-refractivity contribution in [2.45, 2.75) is 38.7 Å². The van der Waals surface area contributed by atoms with E-state index in [1.165, 1.54) is 32.4 Å². The van der Waals surface area contributed by atoms with Crippen molar-refractivity contribution in [1.29, 1.82) is 0 Å². The van der Waals surface area contributed by atoms with Gasteiger partial charge in [-0.1, -0.05) is 6.42 Å². The molecule has 0 spiro atoms. The van der Waals surface area contributed by atoms with Crippen LogP contribution in [-0.4, -0.2) is 43.8 Å². The van der Waals surface area contributed by atoms with Crippen molar-refractivity contribution in [1.82, 2.24) is 4.90 Å². The average Bonchev–Trinajstić information content (AvgIpc) is 2.20. The molecule has 0 aromatic heterocycles. The molecule has 0 aliphatic carbocycles.